The first-order chi connectivity index (χ1) is 10.8. The van der Waals surface area contributed by atoms with E-state index in [1.54, 1.807) is 5.38 Å². The molecule has 0 bridgehead atoms. The van der Waals surface area contributed by atoms with Crippen LogP contribution in [0, 0.1) is 0 Å². The molecule has 0 saturated carbocycles. The maximum absolute atomic E-state index is 12.4. The van der Waals surface area contributed by atoms with Gasteiger partial charge in [0.05, 0.1) is 6.04 Å². The Balaban J connectivity index is 1.52. The summed E-state index contributed by atoms with van der Waals surface area (Å²) < 4.78 is 0. The minimum absolute atomic E-state index is 0.0686. The molecule has 1 atom stereocenters. The second kappa shape index (κ2) is 5.34. The molecule has 6 nitrogen and oxygen atoms in total. The van der Waals surface area contributed by atoms with Crippen LogP contribution in [0.2, 0.25) is 0 Å². The fraction of sp³-hybridized carbons (Fsp3) is 0.200. The number of amides is 1. The molecule has 2 heterocycles. The molecule has 0 aliphatic heterocycles. The lowest BCUT2D eigenvalue weighted by molar-refractivity contribution is 0.0932. The number of thiazole rings is 1. The molecule has 1 aliphatic carbocycles. The van der Waals surface area contributed by atoms with E-state index in [1.165, 1.54) is 28.8 Å². The number of rotatable bonds is 3. The quantitative estimate of drug-likeness (QED) is 0.777. The van der Waals surface area contributed by atoms with Gasteiger partial charge in [-0.3, -0.25) is 9.89 Å². The lowest BCUT2D eigenvalue weighted by Crippen LogP contribution is -2.27. The first-order valence-electron chi connectivity index (χ1n) is 7.01. The van der Waals surface area contributed by atoms with Crippen molar-refractivity contribution in [2.45, 2.75) is 18.9 Å². The summed E-state index contributed by atoms with van der Waals surface area (Å²) in [5.74, 6) is 0.430. The molecule has 2 aromatic heterocycles. The normalized spacial score (nSPS) is 16.5. The summed E-state index contributed by atoms with van der Waals surface area (Å²) in [7, 11) is 0. The number of benzene rings is 1. The fourth-order valence-corrected chi connectivity index (χ4v) is 3.48. The standard InChI is InChI=1S/C15H13N5OS/c21-14(12-7-22-15(19-12)13-16-8-17-20-13)18-11-6-5-9-3-1-2-4-10(9)11/h1-4,7-8,11H,5-6H2,(H,18,21)(H,16,17,20)/t11-/m0/s1. The smallest absolute Gasteiger partial charge is 0.271 e. The maximum atomic E-state index is 12.4. The zero-order chi connectivity index (χ0) is 14.9. The minimum Gasteiger partial charge on any atom is -0.344 e. The molecule has 0 radical (unpaired) electrons. The van der Waals surface area contributed by atoms with E-state index >= 15 is 0 Å². The van der Waals surface area contributed by atoms with Crippen LogP contribution >= 0.6 is 11.3 Å². The van der Waals surface area contributed by atoms with Gasteiger partial charge in [0.1, 0.15) is 12.0 Å². The second-order valence-corrected chi connectivity index (χ2v) is 5.99. The molecule has 110 valence electrons. The Morgan fingerprint density at radius 1 is 1.36 bits per heavy atom. The average molecular weight is 311 g/mol. The van der Waals surface area contributed by atoms with Crippen molar-refractivity contribution in [2.75, 3.05) is 0 Å². The van der Waals surface area contributed by atoms with E-state index in [9.17, 15) is 4.79 Å². The Kier molecular flexibility index (Phi) is 3.19. The van der Waals surface area contributed by atoms with Gasteiger partial charge < -0.3 is 5.32 Å². The van der Waals surface area contributed by atoms with Crippen LogP contribution in [-0.4, -0.2) is 26.1 Å². The van der Waals surface area contributed by atoms with E-state index < -0.39 is 0 Å². The van der Waals surface area contributed by atoms with E-state index in [4.69, 9.17) is 0 Å². The molecule has 0 spiro atoms. The van der Waals surface area contributed by atoms with E-state index in [-0.39, 0.29) is 11.9 Å². The molecule has 0 unspecified atom stereocenters. The Morgan fingerprint density at radius 3 is 3.14 bits per heavy atom. The number of aromatic amines is 1. The zero-order valence-electron chi connectivity index (χ0n) is 11.6. The second-order valence-electron chi connectivity index (χ2n) is 5.14. The largest absolute Gasteiger partial charge is 0.344 e. The monoisotopic (exact) mass is 311 g/mol. The van der Waals surface area contributed by atoms with Crippen molar-refractivity contribution < 1.29 is 4.79 Å². The highest BCUT2D eigenvalue weighted by Gasteiger charge is 2.24. The van der Waals surface area contributed by atoms with Crippen molar-refractivity contribution in [3.8, 4) is 10.8 Å². The highest BCUT2D eigenvalue weighted by atomic mass is 32.1. The van der Waals surface area contributed by atoms with Gasteiger partial charge in [0.25, 0.3) is 5.91 Å². The Morgan fingerprint density at radius 2 is 2.27 bits per heavy atom. The lowest BCUT2D eigenvalue weighted by Gasteiger charge is -2.12. The van der Waals surface area contributed by atoms with Gasteiger partial charge in [-0.05, 0) is 24.0 Å². The van der Waals surface area contributed by atoms with Crippen molar-refractivity contribution in [3.63, 3.8) is 0 Å². The van der Waals surface area contributed by atoms with Gasteiger partial charge in [-0.1, -0.05) is 24.3 Å². The van der Waals surface area contributed by atoms with Crippen molar-refractivity contribution in [1.82, 2.24) is 25.5 Å². The molecular formula is C15H13N5OS. The topological polar surface area (TPSA) is 83.6 Å². The summed E-state index contributed by atoms with van der Waals surface area (Å²) in [5.41, 5.74) is 2.94. The molecule has 1 aliphatic rings. The molecule has 3 aromatic rings. The predicted molar refractivity (Wildman–Crippen MR) is 82.5 cm³/mol. The third-order valence-corrected chi connectivity index (χ3v) is 4.64. The highest BCUT2D eigenvalue weighted by Crippen LogP contribution is 2.31. The average Bonchev–Trinajstić information content (AvgIpc) is 3.28. The van der Waals surface area contributed by atoms with E-state index in [1.807, 2.05) is 12.1 Å². The van der Waals surface area contributed by atoms with Gasteiger partial charge >= 0.3 is 0 Å². The third kappa shape index (κ3) is 2.29. The first-order valence-corrected chi connectivity index (χ1v) is 7.89. The molecule has 7 heteroatoms. The van der Waals surface area contributed by atoms with E-state index in [0.717, 1.165) is 12.8 Å². The maximum Gasteiger partial charge on any atom is 0.271 e. The van der Waals surface area contributed by atoms with Gasteiger partial charge in [0.2, 0.25) is 0 Å². The van der Waals surface area contributed by atoms with Crippen molar-refractivity contribution in [1.29, 1.82) is 0 Å². The number of H-pyrrole nitrogens is 1. The van der Waals surface area contributed by atoms with Gasteiger partial charge in [-0.15, -0.1) is 11.3 Å². The molecule has 0 saturated heterocycles. The number of nitrogens with zero attached hydrogens (tertiary/aromatic N) is 3. The SMILES string of the molecule is O=C(N[C@H]1CCc2ccccc21)c1csc(-c2ncn[nH]2)n1. The van der Waals surface area contributed by atoms with Gasteiger partial charge in [0.15, 0.2) is 10.8 Å². The summed E-state index contributed by atoms with van der Waals surface area (Å²) >= 11 is 1.37. The third-order valence-electron chi connectivity index (χ3n) is 3.79. The summed E-state index contributed by atoms with van der Waals surface area (Å²) in [5, 5.41) is 12.0. The summed E-state index contributed by atoms with van der Waals surface area (Å²) in [6.45, 7) is 0. The molecule has 1 amide bonds. The van der Waals surface area contributed by atoms with Gasteiger partial charge in [-0.25, -0.2) is 9.97 Å². The van der Waals surface area contributed by atoms with Crippen LogP contribution in [0.15, 0.2) is 36.0 Å². The van der Waals surface area contributed by atoms with Crippen LogP contribution in [0.3, 0.4) is 0 Å². The van der Waals surface area contributed by atoms with Crippen LogP contribution < -0.4 is 5.32 Å². The van der Waals surface area contributed by atoms with Crippen LogP contribution in [0.5, 0.6) is 0 Å². The fourth-order valence-electron chi connectivity index (χ4n) is 2.73. The van der Waals surface area contributed by atoms with Gasteiger partial charge in [-0.2, -0.15) is 5.10 Å². The molecule has 2 N–H and O–H groups in total. The number of carbonyl (C=O) groups excluding carboxylic acids is 1. The molecule has 0 fully saturated rings. The molecule has 22 heavy (non-hydrogen) atoms. The Bertz CT molecular complexity index is 811. The van der Waals surface area contributed by atoms with Crippen LogP contribution in [-0.2, 0) is 6.42 Å². The number of nitrogens with one attached hydrogen (secondary N) is 2. The lowest BCUT2D eigenvalue weighted by atomic mass is 10.1. The van der Waals surface area contributed by atoms with E-state index in [2.05, 4.69) is 37.6 Å². The number of fused-ring (bicyclic) bond motifs is 1. The van der Waals surface area contributed by atoms with Crippen molar-refractivity contribution >= 4 is 17.2 Å². The minimum atomic E-state index is -0.149. The predicted octanol–water partition coefficient (Wildman–Crippen LogP) is 2.35. The summed E-state index contributed by atoms with van der Waals surface area (Å²) in [6, 6.07) is 8.31. The summed E-state index contributed by atoms with van der Waals surface area (Å²) in [6.07, 6.45) is 3.36. The Labute approximate surface area is 130 Å². The molecule has 4 rings (SSSR count). The number of hydrogen-bond acceptors (Lipinski definition) is 5. The number of aromatic nitrogens is 4. The van der Waals surface area contributed by atoms with Crippen LogP contribution in [0.25, 0.3) is 10.8 Å². The number of hydrogen-bond donors (Lipinski definition) is 2. The van der Waals surface area contributed by atoms with Gasteiger partial charge in [0, 0.05) is 5.38 Å². The zero-order valence-corrected chi connectivity index (χ0v) is 12.4. The van der Waals surface area contributed by atoms with Crippen molar-refractivity contribution in [2.24, 2.45) is 0 Å². The van der Waals surface area contributed by atoms with Crippen LogP contribution in [0.1, 0.15) is 34.1 Å². The molecule has 1 aromatic carbocycles. The van der Waals surface area contributed by atoms with Crippen LogP contribution in [0.4, 0.5) is 0 Å². The Hall–Kier alpha value is -2.54. The molecular weight excluding hydrogens is 298 g/mol. The van der Waals surface area contributed by atoms with E-state index in [0.29, 0.717) is 16.5 Å². The first kappa shape index (κ1) is 13.1. The summed E-state index contributed by atoms with van der Waals surface area (Å²) in [4.78, 5) is 20.7. The highest BCUT2D eigenvalue weighted by molar-refractivity contribution is 7.13. The number of carbonyl (C=O) groups is 1. The number of aryl methyl sites for hydroxylation is 1. The van der Waals surface area contributed by atoms with Crippen molar-refractivity contribution in [3.05, 3.63) is 52.8 Å².